The van der Waals surface area contributed by atoms with Gasteiger partial charge in [-0.25, -0.2) is 0 Å². The van der Waals surface area contributed by atoms with Crippen molar-refractivity contribution >= 4 is 24.8 Å². The SMILES string of the molecule is C=CCC[C@@H](N1CCNCC1)C(F)(F)F.Cl.Cl. The lowest BCUT2D eigenvalue weighted by molar-refractivity contribution is -0.186. The first-order valence-electron chi connectivity index (χ1n) is 5.18. The Labute approximate surface area is 112 Å². The second-order valence-electron chi connectivity index (χ2n) is 3.71. The van der Waals surface area contributed by atoms with Crippen molar-refractivity contribution in [3.8, 4) is 0 Å². The lowest BCUT2D eigenvalue weighted by Gasteiger charge is -2.35. The number of hydrogen-bond donors (Lipinski definition) is 1. The molecule has 0 aliphatic carbocycles. The van der Waals surface area contributed by atoms with Crippen LogP contribution in [0.4, 0.5) is 13.2 Å². The lowest BCUT2D eigenvalue weighted by atomic mass is 10.1. The molecule has 0 radical (unpaired) electrons. The molecule has 1 aliphatic rings. The maximum absolute atomic E-state index is 12.7. The minimum atomic E-state index is -4.12. The first-order chi connectivity index (χ1) is 7.05. The van der Waals surface area contributed by atoms with Crippen LogP contribution in [0.5, 0.6) is 0 Å². The highest BCUT2D eigenvalue weighted by molar-refractivity contribution is 5.85. The monoisotopic (exact) mass is 294 g/mol. The van der Waals surface area contributed by atoms with Gasteiger partial charge in [0, 0.05) is 26.2 Å². The summed E-state index contributed by atoms with van der Waals surface area (Å²) in [4.78, 5) is 1.51. The molecule has 1 N–H and O–H groups in total. The highest BCUT2D eigenvalue weighted by Gasteiger charge is 2.42. The van der Waals surface area contributed by atoms with Gasteiger partial charge >= 0.3 is 6.18 Å². The molecule has 1 rings (SSSR count). The van der Waals surface area contributed by atoms with E-state index in [-0.39, 0.29) is 31.2 Å². The van der Waals surface area contributed by atoms with E-state index in [1.165, 1.54) is 4.90 Å². The molecule has 1 aliphatic heterocycles. The summed E-state index contributed by atoms with van der Waals surface area (Å²) in [5, 5.41) is 3.05. The van der Waals surface area contributed by atoms with Gasteiger partial charge in [0.25, 0.3) is 0 Å². The van der Waals surface area contributed by atoms with E-state index in [0.29, 0.717) is 32.6 Å². The van der Waals surface area contributed by atoms with Crippen LogP contribution >= 0.6 is 24.8 Å². The maximum Gasteiger partial charge on any atom is 0.404 e. The fraction of sp³-hybridized carbons (Fsp3) is 0.800. The van der Waals surface area contributed by atoms with Gasteiger partial charge in [-0.05, 0) is 12.8 Å². The molecule has 0 saturated carbocycles. The molecule has 104 valence electrons. The smallest absolute Gasteiger partial charge is 0.314 e. The summed E-state index contributed by atoms with van der Waals surface area (Å²) >= 11 is 0. The topological polar surface area (TPSA) is 15.3 Å². The van der Waals surface area contributed by atoms with Crippen molar-refractivity contribution in [2.24, 2.45) is 0 Å². The van der Waals surface area contributed by atoms with Gasteiger partial charge in [0.2, 0.25) is 0 Å². The molecular formula is C10H19Cl2F3N2. The van der Waals surface area contributed by atoms with Gasteiger partial charge in [0.1, 0.15) is 6.04 Å². The number of halogens is 5. The Morgan fingerprint density at radius 3 is 2.18 bits per heavy atom. The van der Waals surface area contributed by atoms with Crippen LogP contribution in [0.15, 0.2) is 12.7 Å². The molecule has 0 aromatic heterocycles. The average molecular weight is 295 g/mol. The van der Waals surface area contributed by atoms with Crippen molar-refractivity contribution in [3.05, 3.63) is 12.7 Å². The van der Waals surface area contributed by atoms with Gasteiger partial charge < -0.3 is 5.32 Å². The Morgan fingerprint density at radius 2 is 1.76 bits per heavy atom. The Balaban J connectivity index is 0. The van der Waals surface area contributed by atoms with Crippen LogP contribution in [-0.2, 0) is 0 Å². The summed E-state index contributed by atoms with van der Waals surface area (Å²) in [5.74, 6) is 0. The molecule has 1 fully saturated rings. The highest BCUT2D eigenvalue weighted by Crippen LogP contribution is 2.28. The molecule has 1 atom stereocenters. The Kier molecular flexibility index (Phi) is 10.3. The van der Waals surface area contributed by atoms with Crippen molar-refractivity contribution in [2.75, 3.05) is 26.2 Å². The molecule has 1 saturated heterocycles. The fourth-order valence-electron chi connectivity index (χ4n) is 1.82. The quantitative estimate of drug-likeness (QED) is 0.802. The van der Waals surface area contributed by atoms with Gasteiger partial charge in [-0.1, -0.05) is 6.08 Å². The van der Waals surface area contributed by atoms with E-state index < -0.39 is 12.2 Å². The van der Waals surface area contributed by atoms with E-state index in [1.807, 2.05) is 0 Å². The van der Waals surface area contributed by atoms with Gasteiger partial charge in [0.05, 0.1) is 0 Å². The van der Waals surface area contributed by atoms with Crippen LogP contribution in [0, 0.1) is 0 Å². The number of alkyl halides is 3. The zero-order valence-electron chi connectivity index (χ0n) is 9.50. The van der Waals surface area contributed by atoms with Crippen molar-refractivity contribution in [2.45, 2.75) is 25.1 Å². The molecule has 7 heteroatoms. The minimum absolute atomic E-state index is 0. The molecule has 17 heavy (non-hydrogen) atoms. The molecule has 0 spiro atoms. The van der Waals surface area contributed by atoms with Crippen LogP contribution in [0.3, 0.4) is 0 Å². The molecule has 0 aromatic carbocycles. The Hall–Kier alpha value is 0.0300. The van der Waals surface area contributed by atoms with E-state index in [4.69, 9.17) is 0 Å². The summed E-state index contributed by atoms with van der Waals surface area (Å²) in [7, 11) is 0. The van der Waals surface area contributed by atoms with Gasteiger partial charge in [-0.2, -0.15) is 13.2 Å². The van der Waals surface area contributed by atoms with Crippen molar-refractivity contribution in [3.63, 3.8) is 0 Å². The van der Waals surface area contributed by atoms with Crippen LogP contribution in [0.1, 0.15) is 12.8 Å². The number of hydrogen-bond acceptors (Lipinski definition) is 2. The van der Waals surface area contributed by atoms with Gasteiger partial charge in [-0.15, -0.1) is 31.4 Å². The Bertz CT molecular complexity index is 206. The van der Waals surface area contributed by atoms with E-state index in [2.05, 4.69) is 11.9 Å². The van der Waals surface area contributed by atoms with E-state index >= 15 is 0 Å². The third kappa shape index (κ3) is 6.50. The van der Waals surface area contributed by atoms with E-state index in [9.17, 15) is 13.2 Å². The van der Waals surface area contributed by atoms with Gasteiger partial charge in [0.15, 0.2) is 0 Å². The molecule has 1 heterocycles. The number of piperazine rings is 1. The van der Waals surface area contributed by atoms with Crippen LogP contribution < -0.4 is 5.32 Å². The van der Waals surface area contributed by atoms with Crippen LogP contribution in [0.2, 0.25) is 0 Å². The summed E-state index contributed by atoms with van der Waals surface area (Å²) in [6, 6.07) is -1.31. The summed E-state index contributed by atoms with van der Waals surface area (Å²) in [5.41, 5.74) is 0. The molecule has 2 nitrogen and oxygen atoms in total. The van der Waals surface area contributed by atoms with Crippen molar-refractivity contribution in [1.29, 1.82) is 0 Å². The highest BCUT2D eigenvalue weighted by atomic mass is 35.5. The predicted molar refractivity (Wildman–Crippen MR) is 68.2 cm³/mol. The first kappa shape index (κ1) is 19.4. The van der Waals surface area contributed by atoms with Crippen LogP contribution in [0.25, 0.3) is 0 Å². The second kappa shape index (κ2) is 9.03. The molecule has 0 amide bonds. The van der Waals surface area contributed by atoms with E-state index in [1.54, 1.807) is 6.08 Å². The fourth-order valence-corrected chi connectivity index (χ4v) is 1.82. The number of nitrogens with zero attached hydrogens (tertiary/aromatic N) is 1. The summed E-state index contributed by atoms with van der Waals surface area (Å²) < 4.78 is 38.2. The maximum atomic E-state index is 12.7. The zero-order valence-corrected chi connectivity index (χ0v) is 11.1. The minimum Gasteiger partial charge on any atom is -0.314 e. The van der Waals surface area contributed by atoms with Gasteiger partial charge in [-0.3, -0.25) is 4.90 Å². The first-order valence-corrected chi connectivity index (χ1v) is 5.18. The van der Waals surface area contributed by atoms with E-state index in [0.717, 1.165) is 0 Å². The molecule has 0 aromatic rings. The number of allylic oxidation sites excluding steroid dienone is 1. The molecule has 0 unspecified atom stereocenters. The van der Waals surface area contributed by atoms with Crippen LogP contribution in [-0.4, -0.2) is 43.3 Å². The second-order valence-corrected chi connectivity index (χ2v) is 3.71. The third-order valence-electron chi connectivity index (χ3n) is 2.61. The summed E-state index contributed by atoms with van der Waals surface area (Å²) in [6.07, 6.45) is -2.05. The molecular weight excluding hydrogens is 276 g/mol. The molecule has 0 bridgehead atoms. The largest absolute Gasteiger partial charge is 0.404 e. The third-order valence-corrected chi connectivity index (χ3v) is 2.61. The normalized spacial score (nSPS) is 18.8. The van der Waals surface area contributed by atoms with Crippen molar-refractivity contribution < 1.29 is 13.2 Å². The standard InChI is InChI=1S/C10H17F3N2.2ClH/c1-2-3-4-9(10(11,12)13)15-7-5-14-6-8-15;;/h2,9,14H,1,3-8H2;2*1H/t9-;;/m1../s1. The number of nitrogens with one attached hydrogen (secondary N) is 1. The zero-order chi connectivity index (χ0) is 11.3. The Morgan fingerprint density at radius 1 is 1.24 bits per heavy atom. The van der Waals surface area contributed by atoms with Crippen molar-refractivity contribution in [1.82, 2.24) is 10.2 Å². The predicted octanol–water partition coefficient (Wildman–Crippen LogP) is 2.63. The number of rotatable bonds is 4. The average Bonchev–Trinajstić information content (AvgIpc) is 2.18. The lowest BCUT2D eigenvalue weighted by Crippen LogP contribution is -2.53. The summed E-state index contributed by atoms with van der Waals surface area (Å²) in [6.45, 7) is 5.69.